The molecular formula is C6H10O2Si2. The number of benzene rings is 1. The zero-order valence-electron chi connectivity index (χ0n) is 5.82. The lowest BCUT2D eigenvalue weighted by molar-refractivity contribution is 0.456. The Kier molecular flexibility index (Phi) is 2.82. The van der Waals surface area contributed by atoms with E-state index < -0.39 is 9.28 Å². The average molecular weight is 170 g/mol. The van der Waals surface area contributed by atoms with Crippen LogP contribution >= 0.6 is 0 Å². The standard InChI is InChI=1S/C6H10O2Si2/c7-10(8-9)6-4-2-1-3-5-6/h1-5,7,10H,9H3. The van der Waals surface area contributed by atoms with Crippen LogP contribution in [0.1, 0.15) is 0 Å². The highest BCUT2D eigenvalue weighted by Gasteiger charge is 2.05. The second kappa shape index (κ2) is 3.67. The normalized spacial score (nSPS) is 13.3. The summed E-state index contributed by atoms with van der Waals surface area (Å²) in [7, 11) is -1.36. The van der Waals surface area contributed by atoms with E-state index in [0.717, 1.165) is 5.19 Å². The van der Waals surface area contributed by atoms with Gasteiger partial charge in [-0.3, -0.25) is 0 Å². The molecule has 0 radical (unpaired) electrons. The molecule has 0 amide bonds. The van der Waals surface area contributed by atoms with Crippen LogP contribution in [0, 0.1) is 0 Å². The van der Waals surface area contributed by atoms with Crippen LogP contribution in [0.25, 0.3) is 0 Å². The Bertz CT molecular complexity index is 190. The molecule has 0 saturated carbocycles. The summed E-state index contributed by atoms with van der Waals surface area (Å²) in [4.78, 5) is 9.28. The summed E-state index contributed by atoms with van der Waals surface area (Å²) in [6, 6.07) is 9.54. The van der Waals surface area contributed by atoms with Gasteiger partial charge < -0.3 is 8.91 Å². The van der Waals surface area contributed by atoms with Crippen molar-refractivity contribution in [3.8, 4) is 0 Å². The molecule has 1 aromatic rings. The SMILES string of the molecule is O[SiH](O[SiH3])c1ccccc1. The quantitative estimate of drug-likeness (QED) is 0.542. The summed E-state index contributed by atoms with van der Waals surface area (Å²) in [5.41, 5.74) is 0. The van der Waals surface area contributed by atoms with Crippen molar-refractivity contribution >= 4 is 25.0 Å². The fourth-order valence-corrected chi connectivity index (χ4v) is 2.39. The molecule has 54 valence electrons. The Morgan fingerprint density at radius 3 is 2.40 bits per heavy atom. The summed E-state index contributed by atoms with van der Waals surface area (Å²) in [5, 5.41) is 0.956. The maximum Gasteiger partial charge on any atom is 0.342 e. The van der Waals surface area contributed by atoms with Gasteiger partial charge in [-0.15, -0.1) is 0 Å². The lowest BCUT2D eigenvalue weighted by Gasteiger charge is -2.04. The average Bonchev–Trinajstić information content (AvgIpc) is 2.05. The highest BCUT2D eigenvalue weighted by molar-refractivity contribution is 6.62. The van der Waals surface area contributed by atoms with E-state index >= 15 is 0 Å². The number of rotatable bonds is 2. The fraction of sp³-hybridized carbons (Fsp3) is 0. The number of hydrogen-bond acceptors (Lipinski definition) is 2. The van der Waals surface area contributed by atoms with Crippen LogP contribution in [0.4, 0.5) is 0 Å². The minimum atomic E-state index is -1.98. The summed E-state index contributed by atoms with van der Waals surface area (Å²) >= 11 is 0. The van der Waals surface area contributed by atoms with Gasteiger partial charge in [0.1, 0.15) is 10.5 Å². The minimum absolute atomic E-state index is 0.619. The van der Waals surface area contributed by atoms with Crippen LogP contribution in [-0.4, -0.2) is 24.6 Å². The lowest BCUT2D eigenvalue weighted by atomic mass is 10.4. The molecule has 0 fully saturated rings. The maximum absolute atomic E-state index is 9.28. The lowest BCUT2D eigenvalue weighted by Crippen LogP contribution is -2.32. The number of hydrogen-bond donors (Lipinski definition) is 1. The summed E-state index contributed by atoms with van der Waals surface area (Å²) in [5.74, 6) is 0. The highest BCUT2D eigenvalue weighted by atomic mass is 28.3. The van der Waals surface area contributed by atoms with E-state index in [9.17, 15) is 4.80 Å². The molecule has 1 atom stereocenters. The van der Waals surface area contributed by atoms with Gasteiger partial charge >= 0.3 is 9.28 Å². The molecule has 0 spiro atoms. The largest absolute Gasteiger partial charge is 0.444 e. The van der Waals surface area contributed by atoms with Crippen LogP contribution in [-0.2, 0) is 4.12 Å². The second-order valence-corrected chi connectivity index (χ2v) is 5.26. The Balaban J connectivity index is 2.75. The monoisotopic (exact) mass is 170 g/mol. The third kappa shape index (κ3) is 1.78. The van der Waals surface area contributed by atoms with Crippen LogP contribution in [0.2, 0.25) is 0 Å². The van der Waals surface area contributed by atoms with Gasteiger partial charge in [0.25, 0.3) is 0 Å². The maximum atomic E-state index is 9.28. The predicted molar refractivity (Wildman–Crippen MR) is 46.5 cm³/mol. The smallest absolute Gasteiger partial charge is 0.342 e. The van der Waals surface area contributed by atoms with E-state index in [4.69, 9.17) is 4.12 Å². The van der Waals surface area contributed by atoms with Gasteiger partial charge in [-0.25, -0.2) is 0 Å². The van der Waals surface area contributed by atoms with E-state index in [1.165, 1.54) is 0 Å². The summed E-state index contributed by atoms with van der Waals surface area (Å²) < 4.78 is 4.97. The first-order valence-electron chi connectivity index (χ1n) is 3.10. The van der Waals surface area contributed by atoms with Crippen molar-refractivity contribution in [1.29, 1.82) is 0 Å². The zero-order valence-corrected chi connectivity index (χ0v) is 8.97. The van der Waals surface area contributed by atoms with Gasteiger partial charge in [0.2, 0.25) is 0 Å². The van der Waals surface area contributed by atoms with Crippen molar-refractivity contribution in [2.45, 2.75) is 0 Å². The van der Waals surface area contributed by atoms with E-state index in [0.29, 0.717) is 10.5 Å². The van der Waals surface area contributed by atoms with Crippen molar-refractivity contribution in [2.24, 2.45) is 0 Å². The highest BCUT2D eigenvalue weighted by Crippen LogP contribution is 1.84. The molecule has 0 aliphatic heterocycles. The van der Waals surface area contributed by atoms with Crippen LogP contribution in [0.5, 0.6) is 0 Å². The van der Waals surface area contributed by atoms with Crippen molar-refractivity contribution in [1.82, 2.24) is 0 Å². The topological polar surface area (TPSA) is 29.5 Å². The molecule has 0 heterocycles. The Morgan fingerprint density at radius 2 is 1.90 bits per heavy atom. The molecular weight excluding hydrogens is 160 g/mol. The molecule has 4 heteroatoms. The first-order valence-corrected chi connectivity index (χ1v) is 5.48. The molecule has 0 aromatic heterocycles. The van der Waals surface area contributed by atoms with E-state index in [2.05, 4.69) is 0 Å². The molecule has 1 N–H and O–H groups in total. The summed E-state index contributed by atoms with van der Waals surface area (Å²) in [6.07, 6.45) is 0. The van der Waals surface area contributed by atoms with Crippen molar-refractivity contribution in [2.75, 3.05) is 0 Å². The summed E-state index contributed by atoms with van der Waals surface area (Å²) in [6.45, 7) is 0. The molecule has 0 saturated heterocycles. The van der Waals surface area contributed by atoms with Gasteiger partial charge in [0.05, 0.1) is 0 Å². The Morgan fingerprint density at radius 1 is 1.30 bits per heavy atom. The molecule has 1 rings (SSSR count). The minimum Gasteiger partial charge on any atom is -0.444 e. The predicted octanol–water partition coefficient (Wildman–Crippen LogP) is -1.60. The van der Waals surface area contributed by atoms with Crippen molar-refractivity contribution in [3.63, 3.8) is 0 Å². The third-order valence-corrected chi connectivity index (χ3v) is 4.05. The van der Waals surface area contributed by atoms with Crippen molar-refractivity contribution < 1.29 is 8.91 Å². The molecule has 0 bridgehead atoms. The van der Waals surface area contributed by atoms with E-state index in [-0.39, 0.29) is 0 Å². The van der Waals surface area contributed by atoms with Gasteiger partial charge in [-0.05, 0) is 5.19 Å². The van der Waals surface area contributed by atoms with E-state index in [1.54, 1.807) is 0 Å². The van der Waals surface area contributed by atoms with Gasteiger partial charge in [-0.1, -0.05) is 30.3 Å². The van der Waals surface area contributed by atoms with E-state index in [1.807, 2.05) is 30.3 Å². The zero-order chi connectivity index (χ0) is 7.40. The van der Waals surface area contributed by atoms with Crippen molar-refractivity contribution in [3.05, 3.63) is 30.3 Å². The molecule has 0 aliphatic carbocycles. The van der Waals surface area contributed by atoms with Gasteiger partial charge in [0, 0.05) is 0 Å². The van der Waals surface area contributed by atoms with Gasteiger partial charge in [0.15, 0.2) is 0 Å². The fourth-order valence-electron chi connectivity index (χ4n) is 0.754. The first-order chi connectivity index (χ1) is 4.84. The Labute approximate surface area is 64.9 Å². The first kappa shape index (κ1) is 7.68. The molecule has 1 unspecified atom stereocenters. The van der Waals surface area contributed by atoms with Crippen LogP contribution in [0.15, 0.2) is 30.3 Å². The third-order valence-electron chi connectivity index (χ3n) is 1.31. The molecule has 0 aliphatic rings. The van der Waals surface area contributed by atoms with Gasteiger partial charge in [-0.2, -0.15) is 0 Å². The molecule has 10 heavy (non-hydrogen) atoms. The van der Waals surface area contributed by atoms with Crippen LogP contribution in [0.3, 0.4) is 0 Å². The van der Waals surface area contributed by atoms with Crippen LogP contribution < -0.4 is 5.19 Å². The second-order valence-electron chi connectivity index (χ2n) is 2.00. The Hall–Kier alpha value is -0.426. The molecule has 1 aromatic carbocycles. The molecule has 2 nitrogen and oxygen atoms in total.